The smallest absolute Gasteiger partial charge is 0.433 e. The lowest BCUT2D eigenvalue weighted by Gasteiger charge is -2.32. The van der Waals surface area contributed by atoms with E-state index >= 15 is 0 Å². The topological polar surface area (TPSA) is 64.5 Å². The number of benzene rings is 1. The van der Waals surface area contributed by atoms with E-state index < -0.39 is 18.0 Å². The number of nitrogens with zero attached hydrogens (tertiary/aromatic N) is 3. The predicted octanol–water partition coefficient (Wildman–Crippen LogP) is 3.08. The molecule has 1 aromatic carbocycles. The van der Waals surface area contributed by atoms with Crippen LogP contribution in [0.25, 0.3) is 0 Å². The second-order valence-corrected chi connectivity index (χ2v) is 6.42. The number of hydrogen-bond acceptors (Lipinski definition) is 5. The van der Waals surface area contributed by atoms with E-state index in [2.05, 4.69) is 9.97 Å². The zero-order valence-electron chi connectivity index (χ0n) is 15.1. The van der Waals surface area contributed by atoms with E-state index in [9.17, 15) is 18.0 Å². The van der Waals surface area contributed by atoms with Gasteiger partial charge >= 0.3 is 12.2 Å². The molecule has 3 rings (SSSR count). The Hall–Kier alpha value is -2.68. The molecule has 1 saturated heterocycles. The largest absolute Gasteiger partial charge is 0.458 e. The minimum atomic E-state index is -4.56. The summed E-state index contributed by atoms with van der Waals surface area (Å²) in [6.07, 6.45) is -2.74. The van der Waals surface area contributed by atoms with Gasteiger partial charge in [-0.2, -0.15) is 18.2 Å². The van der Waals surface area contributed by atoms with Crippen LogP contribution in [0, 0.1) is 0 Å². The Morgan fingerprint density at radius 2 is 2.00 bits per heavy atom. The molecule has 2 aromatic rings. The maximum Gasteiger partial charge on any atom is 0.433 e. The van der Waals surface area contributed by atoms with Crippen molar-refractivity contribution >= 4 is 5.91 Å². The van der Waals surface area contributed by atoms with Crippen molar-refractivity contribution in [3.05, 3.63) is 53.9 Å². The number of amides is 1. The Labute approximate surface area is 160 Å². The lowest BCUT2D eigenvalue weighted by Crippen LogP contribution is -2.45. The highest BCUT2D eigenvalue weighted by Gasteiger charge is 2.33. The van der Waals surface area contributed by atoms with Gasteiger partial charge in [-0.1, -0.05) is 30.3 Å². The summed E-state index contributed by atoms with van der Waals surface area (Å²) >= 11 is 0. The Balaban J connectivity index is 1.50. The van der Waals surface area contributed by atoms with Gasteiger partial charge in [-0.25, -0.2) is 4.98 Å². The molecule has 28 heavy (non-hydrogen) atoms. The molecular formula is C19H20F3N3O3. The monoisotopic (exact) mass is 395 g/mol. The van der Waals surface area contributed by atoms with Crippen LogP contribution in [0.2, 0.25) is 0 Å². The number of hydrogen-bond donors (Lipinski definition) is 0. The third-order valence-corrected chi connectivity index (χ3v) is 4.26. The van der Waals surface area contributed by atoms with Crippen LogP contribution in [-0.2, 0) is 22.3 Å². The van der Waals surface area contributed by atoms with Crippen molar-refractivity contribution in [1.82, 2.24) is 14.9 Å². The third kappa shape index (κ3) is 5.66. The van der Waals surface area contributed by atoms with E-state index in [1.54, 1.807) is 4.90 Å². The van der Waals surface area contributed by atoms with Gasteiger partial charge in [-0.15, -0.1) is 0 Å². The zero-order valence-corrected chi connectivity index (χ0v) is 15.1. The summed E-state index contributed by atoms with van der Waals surface area (Å²) in [7, 11) is 0. The van der Waals surface area contributed by atoms with Gasteiger partial charge < -0.3 is 14.4 Å². The van der Waals surface area contributed by atoms with Gasteiger partial charge in [0.25, 0.3) is 0 Å². The fourth-order valence-corrected chi connectivity index (χ4v) is 2.89. The lowest BCUT2D eigenvalue weighted by molar-refractivity contribution is -0.141. The maximum atomic E-state index is 12.7. The number of carbonyl (C=O) groups excluding carboxylic acids is 1. The second-order valence-electron chi connectivity index (χ2n) is 6.42. The van der Waals surface area contributed by atoms with Crippen molar-refractivity contribution in [3.63, 3.8) is 0 Å². The van der Waals surface area contributed by atoms with Crippen LogP contribution in [0.3, 0.4) is 0 Å². The molecule has 6 nitrogen and oxygen atoms in total. The molecule has 1 fully saturated rings. The van der Waals surface area contributed by atoms with Crippen molar-refractivity contribution in [2.75, 3.05) is 19.7 Å². The van der Waals surface area contributed by atoms with Crippen molar-refractivity contribution in [2.45, 2.75) is 31.7 Å². The molecule has 1 amide bonds. The maximum absolute atomic E-state index is 12.7. The number of halogens is 3. The van der Waals surface area contributed by atoms with Crippen molar-refractivity contribution in [2.24, 2.45) is 0 Å². The van der Waals surface area contributed by atoms with E-state index in [0.29, 0.717) is 26.0 Å². The molecule has 150 valence electrons. The van der Waals surface area contributed by atoms with E-state index in [4.69, 9.17) is 9.47 Å². The zero-order chi connectivity index (χ0) is 20.0. The Morgan fingerprint density at radius 1 is 1.21 bits per heavy atom. The SMILES string of the molecule is O=C(COCc1ccccc1)N1CCCC(Oc2nccc(C(F)(F)F)n2)C1. The molecule has 0 saturated carbocycles. The molecule has 9 heteroatoms. The molecule has 0 N–H and O–H groups in total. The average Bonchev–Trinajstić information content (AvgIpc) is 2.68. The van der Waals surface area contributed by atoms with Gasteiger partial charge in [0.15, 0.2) is 5.69 Å². The number of piperidine rings is 1. The molecule has 1 aliphatic heterocycles. The normalized spacial score (nSPS) is 17.4. The molecule has 0 radical (unpaired) electrons. The number of carbonyl (C=O) groups is 1. The lowest BCUT2D eigenvalue weighted by atomic mass is 10.1. The Kier molecular flexibility index (Phi) is 6.45. The summed E-state index contributed by atoms with van der Waals surface area (Å²) in [4.78, 5) is 21.1. The van der Waals surface area contributed by atoms with Crippen LogP contribution in [0.4, 0.5) is 13.2 Å². The second kappa shape index (κ2) is 9.01. The van der Waals surface area contributed by atoms with Crippen LogP contribution in [0.15, 0.2) is 42.6 Å². The number of ether oxygens (including phenoxy) is 2. The number of rotatable bonds is 6. The van der Waals surface area contributed by atoms with Crippen LogP contribution in [0.5, 0.6) is 6.01 Å². The van der Waals surface area contributed by atoms with Gasteiger partial charge in [-0.3, -0.25) is 4.79 Å². The highest BCUT2D eigenvalue weighted by atomic mass is 19.4. The summed E-state index contributed by atoms with van der Waals surface area (Å²) in [6, 6.07) is 9.94. The Bertz CT molecular complexity index is 787. The summed E-state index contributed by atoms with van der Waals surface area (Å²) in [5.74, 6) is -0.186. The highest BCUT2D eigenvalue weighted by molar-refractivity contribution is 5.77. The number of likely N-dealkylation sites (tertiary alicyclic amines) is 1. The Morgan fingerprint density at radius 3 is 2.75 bits per heavy atom. The van der Waals surface area contributed by atoms with Crippen LogP contribution in [-0.4, -0.2) is 46.6 Å². The number of aromatic nitrogens is 2. The van der Waals surface area contributed by atoms with Gasteiger partial charge in [0.1, 0.15) is 12.7 Å². The molecule has 1 atom stereocenters. The molecule has 0 aliphatic carbocycles. The molecule has 1 unspecified atom stereocenters. The first-order valence-corrected chi connectivity index (χ1v) is 8.88. The number of alkyl halides is 3. The first-order chi connectivity index (χ1) is 13.4. The van der Waals surface area contributed by atoms with Crippen molar-refractivity contribution in [3.8, 4) is 6.01 Å². The fraction of sp³-hybridized carbons (Fsp3) is 0.421. The minimum Gasteiger partial charge on any atom is -0.458 e. The van der Waals surface area contributed by atoms with Gasteiger partial charge in [0, 0.05) is 12.7 Å². The molecule has 1 aromatic heterocycles. The third-order valence-electron chi connectivity index (χ3n) is 4.26. The van der Waals surface area contributed by atoms with E-state index in [0.717, 1.165) is 17.8 Å². The first-order valence-electron chi connectivity index (χ1n) is 8.88. The average molecular weight is 395 g/mol. The van der Waals surface area contributed by atoms with Crippen LogP contribution in [0.1, 0.15) is 24.1 Å². The quantitative estimate of drug-likeness (QED) is 0.752. The van der Waals surface area contributed by atoms with E-state index in [-0.39, 0.29) is 25.1 Å². The molecule has 0 spiro atoms. The van der Waals surface area contributed by atoms with E-state index in [1.807, 2.05) is 30.3 Å². The van der Waals surface area contributed by atoms with Crippen molar-refractivity contribution < 1.29 is 27.4 Å². The molecule has 0 bridgehead atoms. The summed E-state index contributed by atoms with van der Waals surface area (Å²) in [6.45, 7) is 1.07. The first kappa shape index (κ1) is 20.1. The summed E-state index contributed by atoms with van der Waals surface area (Å²) < 4.78 is 49.2. The highest BCUT2D eigenvalue weighted by Crippen LogP contribution is 2.28. The van der Waals surface area contributed by atoms with Gasteiger partial charge in [0.05, 0.1) is 13.2 Å². The summed E-state index contributed by atoms with van der Waals surface area (Å²) in [5.41, 5.74) is -0.0904. The predicted molar refractivity (Wildman–Crippen MR) is 93.4 cm³/mol. The van der Waals surface area contributed by atoms with Crippen LogP contribution >= 0.6 is 0 Å². The minimum absolute atomic E-state index is 0.0678. The van der Waals surface area contributed by atoms with Gasteiger partial charge in [-0.05, 0) is 24.5 Å². The van der Waals surface area contributed by atoms with Crippen molar-refractivity contribution in [1.29, 1.82) is 0 Å². The fourth-order valence-electron chi connectivity index (χ4n) is 2.89. The standard InChI is InChI=1S/C19H20F3N3O3/c20-19(21,22)16-8-9-23-18(24-16)28-15-7-4-10-25(11-15)17(26)13-27-12-14-5-2-1-3-6-14/h1-3,5-6,8-9,15H,4,7,10-13H2. The molecular weight excluding hydrogens is 375 g/mol. The molecule has 1 aliphatic rings. The molecule has 2 heterocycles. The van der Waals surface area contributed by atoms with E-state index in [1.165, 1.54) is 0 Å². The summed E-state index contributed by atoms with van der Waals surface area (Å²) in [5, 5.41) is 0. The van der Waals surface area contributed by atoms with Gasteiger partial charge in [0.2, 0.25) is 5.91 Å². The van der Waals surface area contributed by atoms with Crippen LogP contribution < -0.4 is 4.74 Å².